The van der Waals surface area contributed by atoms with Gasteiger partial charge >= 0.3 is 5.97 Å². The van der Waals surface area contributed by atoms with Crippen LogP contribution in [0.1, 0.15) is 29.2 Å². The molecule has 5 heteroatoms. The van der Waals surface area contributed by atoms with Crippen LogP contribution in [-0.2, 0) is 11.3 Å². The van der Waals surface area contributed by atoms with Crippen molar-refractivity contribution in [1.29, 1.82) is 0 Å². The quantitative estimate of drug-likeness (QED) is 0.810. The van der Waals surface area contributed by atoms with Gasteiger partial charge < -0.3 is 14.4 Å². The summed E-state index contributed by atoms with van der Waals surface area (Å²) in [6, 6.07) is 0. The van der Waals surface area contributed by atoms with Gasteiger partial charge in [-0.2, -0.15) is 0 Å². The first-order valence-corrected chi connectivity index (χ1v) is 5.05. The van der Waals surface area contributed by atoms with Crippen molar-refractivity contribution in [3.05, 3.63) is 17.7 Å². The topological polar surface area (TPSA) is 64.3 Å². The maximum Gasteiger partial charge on any atom is 0.354 e. The molecule has 1 atom stereocenters. The van der Waals surface area contributed by atoms with Gasteiger partial charge in [0.2, 0.25) is 0 Å². The maximum atomic E-state index is 10.9. The summed E-state index contributed by atoms with van der Waals surface area (Å²) in [6.45, 7) is 3.18. The predicted octanol–water partition coefficient (Wildman–Crippen LogP) is 1.07. The van der Waals surface area contributed by atoms with E-state index in [2.05, 4.69) is 4.98 Å². The molecule has 0 aromatic carbocycles. The molecule has 1 fully saturated rings. The first-order valence-electron chi connectivity index (χ1n) is 5.05. The van der Waals surface area contributed by atoms with E-state index in [0.717, 1.165) is 25.3 Å². The Hall–Kier alpha value is -1.36. The Morgan fingerprint density at radius 3 is 3.20 bits per heavy atom. The molecule has 1 aromatic rings. The van der Waals surface area contributed by atoms with Crippen LogP contribution in [0.2, 0.25) is 0 Å². The van der Waals surface area contributed by atoms with Crippen molar-refractivity contribution >= 4 is 5.97 Å². The molecule has 0 bridgehead atoms. The van der Waals surface area contributed by atoms with Gasteiger partial charge in [0.05, 0.1) is 18.8 Å². The van der Waals surface area contributed by atoms with Crippen molar-refractivity contribution in [3.63, 3.8) is 0 Å². The molecule has 0 spiro atoms. The van der Waals surface area contributed by atoms with Gasteiger partial charge in [-0.3, -0.25) is 0 Å². The minimum absolute atomic E-state index is 0.135. The zero-order valence-corrected chi connectivity index (χ0v) is 8.64. The lowest BCUT2D eigenvalue weighted by Crippen LogP contribution is -2.19. The Morgan fingerprint density at radius 1 is 1.80 bits per heavy atom. The first-order chi connectivity index (χ1) is 7.18. The van der Waals surface area contributed by atoms with Crippen LogP contribution < -0.4 is 0 Å². The number of aryl methyl sites for hydroxylation is 1. The SMILES string of the molecule is Cc1ncc(C(=O)O)n1CC1CCCO1. The largest absolute Gasteiger partial charge is 0.477 e. The average Bonchev–Trinajstić information content (AvgIpc) is 2.78. The van der Waals surface area contributed by atoms with E-state index in [9.17, 15) is 4.79 Å². The molecule has 1 saturated heterocycles. The second-order valence-electron chi connectivity index (χ2n) is 3.74. The number of ether oxygens (including phenoxy) is 1. The van der Waals surface area contributed by atoms with E-state index in [4.69, 9.17) is 9.84 Å². The highest BCUT2D eigenvalue weighted by Crippen LogP contribution is 2.16. The van der Waals surface area contributed by atoms with Gasteiger partial charge in [0.25, 0.3) is 0 Å². The minimum Gasteiger partial charge on any atom is -0.477 e. The number of nitrogens with zero attached hydrogens (tertiary/aromatic N) is 2. The van der Waals surface area contributed by atoms with Gasteiger partial charge in [0.15, 0.2) is 0 Å². The molecule has 5 nitrogen and oxygen atoms in total. The summed E-state index contributed by atoms with van der Waals surface area (Å²) in [5.74, 6) is -0.212. The summed E-state index contributed by atoms with van der Waals surface area (Å²) in [6.07, 6.45) is 3.58. The lowest BCUT2D eigenvalue weighted by atomic mass is 10.2. The summed E-state index contributed by atoms with van der Waals surface area (Å²) < 4.78 is 7.18. The van der Waals surface area contributed by atoms with Crippen LogP contribution in [0.4, 0.5) is 0 Å². The van der Waals surface area contributed by atoms with Crippen molar-refractivity contribution in [3.8, 4) is 0 Å². The van der Waals surface area contributed by atoms with Gasteiger partial charge in [0.1, 0.15) is 11.5 Å². The monoisotopic (exact) mass is 210 g/mol. The molecule has 1 aliphatic heterocycles. The first kappa shape index (κ1) is 10.2. The molecular weight excluding hydrogens is 196 g/mol. The summed E-state index contributed by atoms with van der Waals surface area (Å²) in [5.41, 5.74) is 0.239. The Kier molecular flexibility index (Phi) is 2.73. The van der Waals surface area contributed by atoms with Crippen molar-refractivity contribution in [2.24, 2.45) is 0 Å². The highest BCUT2D eigenvalue weighted by atomic mass is 16.5. The van der Waals surface area contributed by atoms with Gasteiger partial charge in [-0.15, -0.1) is 0 Å². The molecule has 0 aliphatic carbocycles. The van der Waals surface area contributed by atoms with Gasteiger partial charge in [0, 0.05) is 6.61 Å². The van der Waals surface area contributed by atoms with Crippen LogP contribution in [0.5, 0.6) is 0 Å². The molecule has 1 aromatic heterocycles. The molecule has 0 saturated carbocycles. The maximum absolute atomic E-state index is 10.9. The fourth-order valence-corrected chi connectivity index (χ4v) is 1.86. The number of hydrogen-bond acceptors (Lipinski definition) is 3. The van der Waals surface area contributed by atoms with Gasteiger partial charge in [-0.1, -0.05) is 0 Å². The lowest BCUT2D eigenvalue weighted by molar-refractivity contribution is 0.0670. The molecule has 82 valence electrons. The van der Waals surface area contributed by atoms with Crippen LogP contribution in [0.15, 0.2) is 6.20 Å². The van der Waals surface area contributed by atoms with Crippen molar-refractivity contribution in [2.75, 3.05) is 6.61 Å². The molecule has 15 heavy (non-hydrogen) atoms. The Morgan fingerprint density at radius 2 is 2.60 bits per heavy atom. The Balaban J connectivity index is 2.18. The number of aromatic nitrogens is 2. The van der Waals surface area contributed by atoms with Crippen molar-refractivity contribution in [2.45, 2.75) is 32.4 Å². The smallest absolute Gasteiger partial charge is 0.354 e. The van der Waals surface area contributed by atoms with Crippen LogP contribution in [-0.4, -0.2) is 33.3 Å². The summed E-state index contributed by atoms with van der Waals surface area (Å²) in [4.78, 5) is 14.9. The molecule has 2 heterocycles. The highest BCUT2D eigenvalue weighted by molar-refractivity contribution is 5.85. The van der Waals surface area contributed by atoms with Crippen LogP contribution in [0.25, 0.3) is 0 Å². The van der Waals surface area contributed by atoms with E-state index in [1.54, 1.807) is 11.5 Å². The zero-order chi connectivity index (χ0) is 10.8. The number of imidazole rings is 1. The van der Waals surface area contributed by atoms with E-state index in [1.165, 1.54) is 6.20 Å². The molecule has 1 N–H and O–H groups in total. The molecule has 1 aliphatic rings. The third kappa shape index (κ3) is 2.02. The molecular formula is C10H14N2O3. The van der Waals surface area contributed by atoms with Crippen LogP contribution in [0, 0.1) is 6.92 Å². The lowest BCUT2D eigenvalue weighted by Gasteiger charge is -2.13. The normalized spacial score (nSPS) is 20.7. The number of aromatic carboxylic acids is 1. The van der Waals surface area contributed by atoms with Crippen molar-refractivity contribution < 1.29 is 14.6 Å². The number of carbonyl (C=O) groups is 1. The highest BCUT2D eigenvalue weighted by Gasteiger charge is 2.20. The number of carboxylic acids is 1. The predicted molar refractivity (Wildman–Crippen MR) is 52.9 cm³/mol. The van der Waals surface area contributed by atoms with Gasteiger partial charge in [-0.05, 0) is 19.8 Å². The van der Waals surface area contributed by atoms with Crippen LogP contribution in [0.3, 0.4) is 0 Å². The fourth-order valence-electron chi connectivity index (χ4n) is 1.86. The number of carboxylic acid groups (broad SMARTS) is 1. The van der Waals surface area contributed by atoms with E-state index in [0.29, 0.717) is 6.54 Å². The minimum atomic E-state index is -0.936. The molecule has 2 rings (SSSR count). The molecule has 0 amide bonds. The van der Waals surface area contributed by atoms with Crippen molar-refractivity contribution in [1.82, 2.24) is 9.55 Å². The third-order valence-electron chi connectivity index (χ3n) is 2.68. The Labute approximate surface area is 87.7 Å². The third-order valence-corrected chi connectivity index (χ3v) is 2.68. The van der Waals surface area contributed by atoms with E-state index in [-0.39, 0.29) is 11.8 Å². The standard InChI is InChI=1S/C10H14N2O3/c1-7-11-5-9(10(13)14)12(7)6-8-3-2-4-15-8/h5,8H,2-4,6H2,1H3,(H,13,14). The molecule has 0 radical (unpaired) electrons. The van der Waals surface area contributed by atoms with E-state index in [1.807, 2.05) is 0 Å². The molecule has 1 unspecified atom stereocenters. The van der Waals surface area contributed by atoms with E-state index >= 15 is 0 Å². The zero-order valence-electron chi connectivity index (χ0n) is 8.64. The second-order valence-corrected chi connectivity index (χ2v) is 3.74. The second kappa shape index (κ2) is 4.02. The number of hydrogen-bond donors (Lipinski definition) is 1. The summed E-state index contributed by atoms with van der Waals surface area (Å²) in [5, 5.41) is 8.95. The Bertz CT molecular complexity index is 367. The summed E-state index contributed by atoms with van der Waals surface area (Å²) in [7, 11) is 0. The van der Waals surface area contributed by atoms with Gasteiger partial charge in [-0.25, -0.2) is 9.78 Å². The van der Waals surface area contributed by atoms with E-state index < -0.39 is 5.97 Å². The average molecular weight is 210 g/mol. The van der Waals surface area contributed by atoms with Crippen LogP contribution >= 0.6 is 0 Å². The fraction of sp³-hybridized carbons (Fsp3) is 0.600. The summed E-state index contributed by atoms with van der Waals surface area (Å²) >= 11 is 0. The number of rotatable bonds is 3.